The number of piperazine rings is 1. The van der Waals surface area contributed by atoms with Crippen molar-refractivity contribution in [2.45, 2.75) is 38.8 Å². The van der Waals surface area contributed by atoms with E-state index in [0.29, 0.717) is 26.2 Å². The van der Waals surface area contributed by atoms with Gasteiger partial charge in [-0.15, -0.1) is 0 Å². The summed E-state index contributed by atoms with van der Waals surface area (Å²) < 4.78 is 1.97. The lowest BCUT2D eigenvalue weighted by molar-refractivity contribution is -0.148. The van der Waals surface area contributed by atoms with Gasteiger partial charge in [-0.05, 0) is 25.0 Å². The monoisotopic (exact) mass is 383 g/mol. The van der Waals surface area contributed by atoms with Crippen LogP contribution in [0.4, 0.5) is 0 Å². The highest BCUT2D eigenvalue weighted by Gasteiger charge is 2.31. The number of hydrogen-bond acceptors (Lipinski definition) is 4. The van der Waals surface area contributed by atoms with E-state index < -0.39 is 11.8 Å². The average Bonchev–Trinajstić information content (AvgIpc) is 3.47. The van der Waals surface area contributed by atoms with Gasteiger partial charge in [-0.1, -0.05) is 19.1 Å². The molecular formula is C20H25N5O3. The Hall–Kier alpha value is -2.90. The van der Waals surface area contributed by atoms with Crippen LogP contribution in [0.25, 0.3) is 11.0 Å². The van der Waals surface area contributed by atoms with Gasteiger partial charge in [-0.2, -0.15) is 0 Å². The minimum absolute atomic E-state index is 0.00684. The maximum Gasteiger partial charge on any atom is 0.312 e. The van der Waals surface area contributed by atoms with Gasteiger partial charge in [0.2, 0.25) is 5.91 Å². The van der Waals surface area contributed by atoms with Gasteiger partial charge in [-0.3, -0.25) is 14.4 Å². The van der Waals surface area contributed by atoms with Crippen LogP contribution in [-0.2, 0) is 27.3 Å². The summed E-state index contributed by atoms with van der Waals surface area (Å²) in [7, 11) is 0. The minimum atomic E-state index is -0.528. The van der Waals surface area contributed by atoms with Gasteiger partial charge in [-0.25, -0.2) is 4.98 Å². The van der Waals surface area contributed by atoms with Crippen LogP contribution in [0.2, 0.25) is 0 Å². The Labute approximate surface area is 163 Å². The summed E-state index contributed by atoms with van der Waals surface area (Å²) in [6.45, 7) is 3.91. The smallest absolute Gasteiger partial charge is 0.312 e. The van der Waals surface area contributed by atoms with Crippen molar-refractivity contribution in [2.24, 2.45) is 0 Å². The van der Waals surface area contributed by atoms with Crippen LogP contribution in [0.5, 0.6) is 0 Å². The van der Waals surface area contributed by atoms with Crippen LogP contribution in [0, 0.1) is 0 Å². The fourth-order valence-electron chi connectivity index (χ4n) is 3.58. The van der Waals surface area contributed by atoms with Crippen LogP contribution < -0.4 is 5.32 Å². The number of fused-ring (bicyclic) bond motifs is 1. The Morgan fingerprint density at radius 2 is 1.75 bits per heavy atom. The number of carbonyl (C=O) groups excluding carboxylic acids is 3. The molecule has 28 heavy (non-hydrogen) atoms. The number of rotatable bonds is 4. The van der Waals surface area contributed by atoms with Gasteiger partial charge in [0.05, 0.1) is 11.0 Å². The molecule has 2 aromatic rings. The number of imidazole rings is 1. The van der Waals surface area contributed by atoms with Gasteiger partial charge in [0, 0.05) is 38.6 Å². The number of para-hydroxylation sites is 2. The molecule has 1 aromatic heterocycles. The van der Waals surface area contributed by atoms with E-state index in [2.05, 4.69) is 10.3 Å². The van der Waals surface area contributed by atoms with Crippen molar-refractivity contribution in [3.05, 3.63) is 30.1 Å². The van der Waals surface area contributed by atoms with Crippen molar-refractivity contribution in [2.75, 3.05) is 26.2 Å². The van der Waals surface area contributed by atoms with Crippen molar-refractivity contribution >= 4 is 28.8 Å². The van der Waals surface area contributed by atoms with E-state index in [0.717, 1.165) is 36.1 Å². The summed E-state index contributed by atoms with van der Waals surface area (Å²) in [5.74, 6) is -0.125. The minimum Gasteiger partial charge on any atom is -0.345 e. The van der Waals surface area contributed by atoms with E-state index in [1.54, 1.807) is 4.90 Å². The average molecular weight is 383 g/mol. The van der Waals surface area contributed by atoms with E-state index >= 15 is 0 Å². The highest BCUT2D eigenvalue weighted by atomic mass is 16.2. The summed E-state index contributed by atoms with van der Waals surface area (Å²) in [6, 6.07) is 7.98. The van der Waals surface area contributed by atoms with Crippen molar-refractivity contribution in [1.82, 2.24) is 24.7 Å². The van der Waals surface area contributed by atoms with Crippen molar-refractivity contribution in [3.63, 3.8) is 0 Å². The quantitative estimate of drug-likeness (QED) is 0.781. The second kappa shape index (κ2) is 7.61. The van der Waals surface area contributed by atoms with Crippen LogP contribution in [0.15, 0.2) is 24.3 Å². The number of nitrogens with one attached hydrogen (secondary N) is 1. The molecule has 0 radical (unpaired) electrons. The molecule has 1 aliphatic carbocycles. The molecule has 148 valence electrons. The molecule has 2 aliphatic rings. The normalized spacial score (nSPS) is 17.0. The van der Waals surface area contributed by atoms with Crippen LogP contribution in [-0.4, -0.2) is 69.3 Å². The molecule has 0 atom stereocenters. The summed E-state index contributed by atoms with van der Waals surface area (Å²) in [5.41, 5.74) is 1.85. The standard InChI is InChI=1S/C20H25N5O3/c1-2-17-22-15-5-3-4-6-16(15)25(17)13-18(26)23-9-11-24(12-10-23)20(28)19(27)21-14-7-8-14/h3-6,14H,2,7-13H2,1H3,(H,21,27). The molecule has 1 aliphatic heterocycles. The molecule has 3 amide bonds. The Bertz CT molecular complexity index is 910. The topological polar surface area (TPSA) is 87.5 Å². The predicted octanol–water partition coefficient (Wildman–Crippen LogP) is 0.548. The van der Waals surface area contributed by atoms with Gasteiger partial charge in [0.1, 0.15) is 12.4 Å². The van der Waals surface area contributed by atoms with E-state index in [4.69, 9.17) is 0 Å². The zero-order valence-electron chi connectivity index (χ0n) is 16.1. The molecule has 2 heterocycles. The number of aromatic nitrogens is 2. The first-order valence-electron chi connectivity index (χ1n) is 9.88. The zero-order chi connectivity index (χ0) is 19.7. The van der Waals surface area contributed by atoms with E-state index in [1.165, 1.54) is 4.90 Å². The molecule has 1 saturated carbocycles. The third-order valence-corrected chi connectivity index (χ3v) is 5.37. The summed E-state index contributed by atoms with van der Waals surface area (Å²) in [6.07, 6.45) is 2.65. The fraction of sp³-hybridized carbons (Fsp3) is 0.500. The third kappa shape index (κ3) is 3.72. The SMILES string of the molecule is CCc1nc2ccccc2n1CC(=O)N1CCN(C(=O)C(=O)NC2CC2)CC1. The molecule has 0 bridgehead atoms. The number of nitrogens with zero attached hydrogens (tertiary/aromatic N) is 4. The molecule has 1 aromatic carbocycles. The Morgan fingerprint density at radius 3 is 2.43 bits per heavy atom. The molecule has 2 fully saturated rings. The number of amides is 3. The number of aryl methyl sites for hydroxylation is 1. The Kier molecular flexibility index (Phi) is 5.02. The van der Waals surface area contributed by atoms with Gasteiger partial charge < -0.3 is 19.7 Å². The van der Waals surface area contributed by atoms with Crippen molar-refractivity contribution in [1.29, 1.82) is 0 Å². The van der Waals surface area contributed by atoms with Gasteiger partial charge >= 0.3 is 11.8 Å². The lowest BCUT2D eigenvalue weighted by Gasteiger charge is -2.34. The summed E-state index contributed by atoms with van der Waals surface area (Å²) in [4.78, 5) is 44.9. The Morgan fingerprint density at radius 1 is 1.07 bits per heavy atom. The Balaban J connectivity index is 1.37. The van der Waals surface area contributed by atoms with Crippen LogP contribution in [0.3, 0.4) is 0 Å². The second-order valence-corrected chi connectivity index (χ2v) is 7.38. The second-order valence-electron chi connectivity index (χ2n) is 7.38. The van der Waals surface area contributed by atoms with E-state index in [9.17, 15) is 14.4 Å². The van der Waals surface area contributed by atoms with E-state index in [1.807, 2.05) is 35.8 Å². The molecule has 0 unspecified atom stereocenters. The number of hydrogen-bond donors (Lipinski definition) is 1. The fourth-order valence-corrected chi connectivity index (χ4v) is 3.58. The number of carbonyl (C=O) groups is 3. The van der Waals surface area contributed by atoms with Gasteiger partial charge in [0.15, 0.2) is 0 Å². The van der Waals surface area contributed by atoms with Gasteiger partial charge in [0.25, 0.3) is 0 Å². The van der Waals surface area contributed by atoms with E-state index in [-0.39, 0.29) is 18.5 Å². The largest absolute Gasteiger partial charge is 0.345 e. The maximum absolute atomic E-state index is 12.8. The lowest BCUT2D eigenvalue weighted by atomic mass is 10.2. The molecule has 1 saturated heterocycles. The molecule has 8 nitrogen and oxygen atoms in total. The highest BCUT2D eigenvalue weighted by molar-refractivity contribution is 6.35. The maximum atomic E-state index is 12.8. The first kappa shape index (κ1) is 18.5. The predicted molar refractivity (Wildman–Crippen MR) is 103 cm³/mol. The van der Waals surface area contributed by atoms with Crippen molar-refractivity contribution < 1.29 is 14.4 Å². The van der Waals surface area contributed by atoms with Crippen LogP contribution in [0.1, 0.15) is 25.6 Å². The third-order valence-electron chi connectivity index (χ3n) is 5.37. The molecule has 4 rings (SSSR count). The summed E-state index contributed by atoms with van der Waals surface area (Å²) in [5, 5.41) is 2.72. The highest BCUT2D eigenvalue weighted by Crippen LogP contribution is 2.19. The summed E-state index contributed by atoms with van der Waals surface area (Å²) >= 11 is 0. The molecule has 8 heteroatoms. The van der Waals surface area contributed by atoms with Crippen molar-refractivity contribution in [3.8, 4) is 0 Å². The first-order chi connectivity index (χ1) is 13.6. The first-order valence-corrected chi connectivity index (χ1v) is 9.88. The molecule has 1 N–H and O–H groups in total. The lowest BCUT2D eigenvalue weighted by Crippen LogP contribution is -2.54. The van der Waals surface area contributed by atoms with Crippen LogP contribution >= 0.6 is 0 Å². The molecule has 0 spiro atoms. The number of benzene rings is 1. The zero-order valence-corrected chi connectivity index (χ0v) is 16.1. The molecular weight excluding hydrogens is 358 g/mol.